The molecule has 1 aromatic heterocycles. The van der Waals surface area contributed by atoms with Crippen LogP contribution in [0.5, 0.6) is 11.5 Å². The fraction of sp³-hybridized carbons (Fsp3) is 0.261. The smallest absolute Gasteiger partial charge is 0.231 e. The number of halogens is 1. The monoisotopic (exact) mass is 449 g/mol. The summed E-state index contributed by atoms with van der Waals surface area (Å²) in [5.74, 6) is 2.04. The first kappa shape index (κ1) is 22.0. The van der Waals surface area contributed by atoms with Crippen molar-refractivity contribution in [1.82, 2.24) is 20.4 Å². The predicted octanol–water partition coefficient (Wildman–Crippen LogP) is 2.49. The van der Waals surface area contributed by atoms with E-state index in [0.717, 1.165) is 17.1 Å². The van der Waals surface area contributed by atoms with Crippen molar-refractivity contribution < 1.29 is 13.9 Å². The van der Waals surface area contributed by atoms with Gasteiger partial charge in [-0.2, -0.15) is 10.4 Å². The third-order valence-electron chi connectivity index (χ3n) is 5.18. The summed E-state index contributed by atoms with van der Waals surface area (Å²) in [6.07, 6.45) is 1.26. The van der Waals surface area contributed by atoms with Crippen molar-refractivity contribution in [3.63, 3.8) is 0 Å². The molecule has 1 aliphatic rings. The van der Waals surface area contributed by atoms with Gasteiger partial charge < -0.3 is 25.8 Å². The number of rotatable bonds is 7. The molecule has 0 unspecified atom stereocenters. The molecule has 9 nitrogen and oxygen atoms in total. The summed E-state index contributed by atoms with van der Waals surface area (Å²) in [6, 6.07) is 13.7. The minimum Gasteiger partial charge on any atom is -0.454 e. The zero-order chi connectivity index (χ0) is 23.2. The maximum absolute atomic E-state index is 13.2. The molecule has 0 amide bonds. The Bertz CT molecular complexity index is 1200. The van der Waals surface area contributed by atoms with E-state index in [1.54, 1.807) is 19.2 Å². The molecule has 0 aliphatic carbocycles. The fourth-order valence-electron chi connectivity index (χ4n) is 3.47. The van der Waals surface area contributed by atoms with Crippen LogP contribution in [0.15, 0.2) is 47.5 Å². The Hall–Kier alpha value is -4.26. The highest BCUT2D eigenvalue weighted by molar-refractivity contribution is 5.79. The number of nitrogen functional groups attached to an aromatic ring is 1. The van der Waals surface area contributed by atoms with E-state index in [-0.39, 0.29) is 18.4 Å². The largest absolute Gasteiger partial charge is 0.454 e. The zero-order valence-corrected chi connectivity index (χ0v) is 18.1. The van der Waals surface area contributed by atoms with Crippen molar-refractivity contribution in [3.05, 3.63) is 65.1 Å². The van der Waals surface area contributed by atoms with Crippen LogP contribution in [0.4, 0.5) is 10.2 Å². The van der Waals surface area contributed by atoms with Crippen molar-refractivity contribution in [2.45, 2.75) is 19.4 Å². The molecule has 33 heavy (non-hydrogen) atoms. The molecule has 3 aromatic rings. The number of aromatic nitrogens is 2. The van der Waals surface area contributed by atoms with Gasteiger partial charge in [0.2, 0.25) is 6.79 Å². The second-order valence-corrected chi connectivity index (χ2v) is 7.35. The van der Waals surface area contributed by atoms with Gasteiger partial charge >= 0.3 is 0 Å². The number of hydrogen-bond donors (Lipinski definition) is 3. The molecular weight excluding hydrogens is 425 g/mol. The summed E-state index contributed by atoms with van der Waals surface area (Å²) in [5, 5.41) is 20.5. The molecule has 0 atom stereocenters. The van der Waals surface area contributed by atoms with E-state index in [1.807, 2.05) is 18.2 Å². The normalized spacial score (nSPS) is 12.5. The molecule has 4 rings (SSSR count). The van der Waals surface area contributed by atoms with Gasteiger partial charge in [0.25, 0.3) is 0 Å². The molecule has 0 saturated heterocycles. The number of nitrogens with zero attached hydrogens (tertiary/aromatic N) is 4. The average molecular weight is 449 g/mol. The molecule has 1 aliphatic heterocycles. The second kappa shape index (κ2) is 9.91. The van der Waals surface area contributed by atoms with Gasteiger partial charge in [0.15, 0.2) is 17.5 Å². The van der Waals surface area contributed by atoms with Crippen LogP contribution in [0.25, 0.3) is 5.69 Å². The number of anilines is 1. The van der Waals surface area contributed by atoms with E-state index in [4.69, 9.17) is 15.2 Å². The Morgan fingerprint density at radius 3 is 2.76 bits per heavy atom. The number of guanidine groups is 1. The van der Waals surface area contributed by atoms with Crippen LogP contribution in [-0.4, -0.2) is 36.1 Å². The van der Waals surface area contributed by atoms with E-state index >= 15 is 0 Å². The third-order valence-corrected chi connectivity index (χ3v) is 5.18. The Morgan fingerprint density at radius 1 is 1.21 bits per heavy atom. The number of nitriles is 1. The molecule has 2 heterocycles. The number of fused-ring (bicyclic) bond motifs is 1. The minimum atomic E-state index is -0.350. The van der Waals surface area contributed by atoms with Crippen molar-refractivity contribution in [2.75, 3.05) is 26.1 Å². The maximum Gasteiger partial charge on any atom is 0.231 e. The number of nitrogens with two attached hydrogens (primary N) is 1. The first-order valence-corrected chi connectivity index (χ1v) is 10.5. The van der Waals surface area contributed by atoms with Crippen LogP contribution < -0.4 is 25.8 Å². The number of hydrogen-bond acceptors (Lipinski definition) is 6. The van der Waals surface area contributed by atoms with Gasteiger partial charge in [0.05, 0.1) is 11.4 Å². The number of aryl methyl sites for hydroxylation is 1. The van der Waals surface area contributed by atoms with Crippen LogP contribution in [0.1, 0.15) is 23.2 Å². The summed E-state index contributed by atoms with van der Waals surface area (Å²) < 4.78 is 25.4. The molecule has 2 aromatic carbocycles. The van der Waals surface area contributed by atoms with E-state index in [0.29, 0.717) is 48.8 Å². The van der Waals surface area contributed by atoms with Crippen LogP contribution in [0.3, 0.4) is 0 Å². The lowest BCUT2D eigenvalue weighted by atomic mass is 10.1. The van der Waals surface area contributed by atoms with Gasteiger partial charge in [-0.3, -0.25) is 4.99 Å². The molecule has 0 bridgehead atoms. The van der Waals surface area contributed by atoms with Gasteiger partial charge in [-0.05, 0) is 54.8 Å². The van der Waals surface area contributed by atoms with Gasteiger partial charge in [-0.15, -0.1) is 0 Å². The summed E-state index contributed by atoms with van der Waals surface area (Å²) in [5.41, 5.74) is 8.69. The van der Waals surface area contributed by atoms with Crippen molar-refractivity contribution in [1.29, 1.82) is 5.26 Å². The number of nitrogens with one attached hydrogen (secondary N) is 2. The van der Waals surface area contributed by atoms with E-state index in [1.165, 1.54) is 16.8 Å². The summed E-state index contributed by atoms with van der Waals surface area (Å²) in [4.78, 5) is 4.23. The molecule has 0 radical (unpaired) electrons. The highest BCUT2D eigenvalue weighted by atomic mass is 19.1. The lowest BCUT2D eigenvalue weighted by Crippen LogP contribution is -2.37. The quantitative estimate of drug-likeness (QED) is 0.288. The lowest BCUT2D eigenvalue weighted by Gasteiger charge is -2.12. The zero-order valence-electron chi connectivity index (χ0n) is 18.1. The minimum absolute atomic E-state index is 0.244. The fourth-order valence-corrected chi connectivity index (χ4v) is 3.47. The Labute approximate surface area is 190 Å². The van der Waals surface area contributed by atoms with E-state index in [2.05, 4.69) is 26.8 Å². The average Bonchev–Trinajstić information content (AvgIpc) is 3.42. The van der Waals surface area contributed by atoms with Crippen LogP contribution in [0, 0.1) is 17.1 Å². The molecule has 4 N–H and O–H groups in total. The van der Waals surface area contributed by atoms with Crippen LogP contribution in [0.2, 0.25) is 0 Å². The van der Waals surface area contributed by atoms with Gasteiger partial charge in [0.1, 0.15) is 23.3 Å². The van der Waals surface area contributed by atoms with Crippen LogP contribution >= 0.6 is 0 Å². The van der Waals surface area contributed by atoms with Gasteiger partial charge in [-0.1, -0.05) is 6.07 Å². The summed E-state index contributed by atoms with van der Waals surface area (Å²) in [6.45, 7) is 1.44. The highest BCUT2D eigenvalue weighted by Crippen LogP contribution is 2.32. The standard InChI is InChI=1S/C23H24FN7O2/c1-27-23(29-13-15-4-9-20-21(11-15)33-14-32-20)28-10-2-3-19-18(12-25)22(26)31(30-19)17-7-5-16(24)6-8-17/h4-9,11H,2-3,10,13-14,26H2,1H3,(H2,27,28,29). The molecule has 170 valence electrons. The first-order chi connectivity index (χ1) is 16.1. The third kappa shape index (κ3) is 4.98. The summed E-state index contributed by atoms with van der Waals surface area (Å²) in [7, 11) is 1.70. The second-order valence-electron chi connectivity index (χ2n) is 7.35. The maximum atomic E-state index is 13.2. The number of benzene rings is 2. The van der Waals surface area contributed by atoms with E-state index < -0.39 is 0 Å². The molecular formula is C23H24FN7O2. The molecule has 10 heteroatoms. The summed E-state index contributed by atoms with van der Waals surface area (Å²) >= 11 is 0. The van der Waals surface area contributed by atoms with E-state index in [9.17, 15) is 9.65 Å². The topological polar surface area (TPSA) is 123 Å². The van der Waals surface area contributed by atoms with Crippen LogP contribution in [-0.2, 0) is 13.0 Å². The number of ether oxygens (including phenoxy) is 2. The van der Waals surface area contributed by atoms with Crippen molar-refractivity contribution in [2.24, 2.45) is 4.99 Å². The van der Waals surface area contributed by atoms with Crippen molar-refractivity contribution in [3.8, 4) is 23.3 Å². The predicted molar refractivity (Wildman–Crippen MR) is 122 cm³/mol. The Kier molecular flexibility index (Phi) is 6.59. The SMILES string of the molecule is CN=C(NCCCc1nn(-c2ccc(F)cc2)c(N)c1C#N)NCc1ccc2c(c1)OCO2. The molecule has 0 spiro atoms. The van der Waals surface area contributed by atoms with Crippen molar-refractivity contribution >= 4 is 11.8 Å². The molecule has 0 saturated carbocycles. The Balaban J connectivity index is 1.30. The van der Waals surface area contributed by atoms with Gasteiger partial charge in [-0.25, -0.2) is 9.07 Å². The van der Waals surface area contributed by atoms with Gasteiger partial charge in [0, 0.05) is 20.1 Å². The molecule has 0 fully saturated rings. The number of aliphatic imine (C=N–C) groups is 1. The first-order valence-electron chi connectivity index (χ1n) is 10.5. The Morgan fingerprint density at radius 2 is 2.00 bits per heavy atom. The lowest BCUT2D eigenvalue weighted by molar-refractivity contribution is 0.174. The highest BCUT2D eigenvalue weighted by Gasteiger charge is 2.16.